The standard InChI is InChI=1S/C11H11F2N3O/c12-11(13)3-1-8-9(10(11)17)6(5-14-8)7-2-4-15-16-7/h2,4-5,10,14,17H,1,3H2,(H,15,16). The zero-order chi connectivity index (χ0) is 12.0. The number of halogens is 2. The molecular formula is C11H11F2N3O. The number of fused-ring (bicyclic) bond motifs is 1. The second kappa shape index (κ2) is 3.40. The predicted octanol–water partition coefficient (Wildman–Crippen LogP) is 2.02. The van der Waals surface area contributed by atoms with E-state index in [1.54, 1.807) is 18.5 Å². The van der Waals surface area contributed by atoms with Gasteiger partial charge in [0.25, 0.3) is 5.92 Å². The highest BCUT2D eigenvalue weighted by Gasteiger charge is 2.45. The van der Waals surface area contributed by atoms with Gasteiger partial charge in [-0.1, -0.05) is 0 Å². The van der Waals surface area contributed by atoms with Crippen LogP contribution in [0.5, 0.6) is 0 Å². The molecule has 0 amide bonds. The zero-order valence-electron chi connectivity index (χ0n) is 8.87. The highest BCUT2D eigenvalue weighted by Crippen LogP contribution is 2.44. The number of aromatic nitrogens is 3. The lowest BCUT2D eigenvalue weighted by Crippen LogP contribution is -2.31. The van der Waals surface area contributed by atoms with Crippen LogP contribution in [0.25, 0.3) is 11.3 Å². The lowest BCUT2D eigenvalue weighted by Gasteiger charge is -2.28. The fraction of sp³-hybridized carbons (Fsp3) is 0.364. The predicted molar refractivity (Wildman–Crippen MR) is 56.6 cm³/mol. The lowest BCUT2D eigenvalue weighted by molar-refractivity contribution is -0.121. The van der Waals surface area contributed by atoms with Crippen LogP contribution in [-0.4, -0.2) is 26.2 Å². The van der Waals surface area contributed by atoms with Crippen LogP contribution < -0.4 is 0 Å². The first kappa shape index (κ1) is 10.5. The molecule has 1 atom stereocenters. The van der Waals surface area contributed by atoms with E-state index in [4.69, 9.17) is 0 Å². The molecule has 0 saturated heterocycles. The van der Waals surface area contributed by atoms with Crippen molar-refractivity contribution in [3.63, 3.8) is 0 Å². The summed E-state index contributed by atoms with van der Waals surface area (Å²) >= 11 is 0. The molecule has 2 aromatic rings. The summed E-state index contributed by atoms with van der Waals surface area (Å²) in [6, 6.07) is 1.68. The van der Waals surface area contributed by atoms with E-state index in [0.717, 1.165) is 0 Å². The van der Waals surface area contributed by atoms with Crippen molar-refractivity contribution in [1.29, 1.82) is 0 Å². The van der Waals surface area contributed by atoms with E-state index >= 15 is 0 Å². The molecule has 6 heteroatoms. The molecule has 0 aromatic carbocycles. The van der Waals surface area contributed by atoms with Gasteiger partial charge in [-0.2, -0.15) is 5.10 Å². The molecule has 0 aliphatic heterocycles. The van der Waals surface area contributed by atoms with Crippen LogP contribution in [0.4, 0.5) is 8.78 Å². The molecule has 0 saturated carbocycles. The first-order valence-electron chi connectivity index (χ1n) is 5.36. The number of aryl methyl sites for hydroxylation is 1. The Morgan fingerprint density at radius 3 is 3.00 bits per heavy atom. The molecule has 0 fully saturated rings. The van der Waals surface area contributed by atoms with E-state index in [-0.39, 0.29) is 18.4 Å². The Balaban J connectivity index is 2.14. The Morgan fingerprint density at radius 1 is 1.47 bits per heavy atom. The molecule has 1 unspecified atom stereocenters. The topological polar surface area (TPSA) is 64.7 Å². The van der Waals surface area contributed by atoms with Crippen molar-refractivity contribution in [2.75, 3.05) is 0 Å². The van der Waals surface area contributed by atoms with E-state index in [9.17, 15) is 13.9 Å². The van der Waals surface area contributed by atoms with Gasteiger partial charge in [-0.3, -0.25) is 5.10 Å². The minimum Gasteiger partial charge on any atom is -0.382 e. The van der Waals surface area contributed by atoms with Crippen LogP contribution in [0.2, 0.25) is 0 Å². The van der Waals surface area contributed by atoms with Crippen molar-refractivity contribution in [3.05, 3.63) is 29.7 Å². The minimum atomic E-state index is -3.07. The summed E-state index contributed by atoms with van der Waals surface area (Å²) in [7, 11) is 0. The fourth-order valence-corrected chi connectivity index (χ4v) is 2.26. The Bertz CT molecular complexity index is 533. The highest BCUT2D eigenvalue weighted by atomic mass is 19.3. The first-order chi connectivity index (χ1) is 8.09. The van der Waals surface area contributed by atoms with Gasteiger partial charge in [0.2, 0.25) is 0 Å². The summed E-state index contributed by atoms with van der Waals surface area (Å²) in [5.41, 5.74) is 2.03. The van der Waals surface area contributed by atoms with Gasteiger partial charge in [0.15, 0.2) is 0 Å². The van der Waals surface area contributed by atoms with Gasteiger partial charge in [0.1, 0.15) is 6.10 Å². The second-order valence-corrected chi connectivity index (χ2v) is 4.22. The van der Waals surface area contributed by atoms with Crippen LogP contribution >= 0.6 is 0 Å². The maximum absolute atomic E-state index is 13.5. The van der Waals surface area contributed by atoms with Gasteiger partial charge >= 0.3 is 0 Å². The lowest BCUT2D eigenvalue weighted by atomic mass is 9.88. The third kappa shape index (κ3) is 1.48. The van der Waals surface area contributed by atoms with Crippen molar-refractivity contribution < 1.29 is 13.9 Å². The molecule has 3 rings (SSSR count). The molecule has 17 heavy (non-hydrogen) atoms. The summed E-state index contributed by atoms with van der Waals surface area (Å²) in [5, 5.41) is 16.3. The average molecular weight is 239 g/mol. The number of aliphatic hydroxyl groups excluding tert-OH is 1. The normalized spacial score (nSPS) is 22.4. The van der Waals surface area contributed by atoms with Gasteiger partial charge in [-0.25, -0.2) is 8.78 Å². The van der Waals surface area contributed by atoms with Crippen LogP contribution in [0.1, 0.15) is 23.8 Å². The van der Waals surface area contributed by atoms with E-state index in [0.29, 0.717) is 17.0 Å². The molecule has 3 N–H and O–H groups in total. The van der Waals surface area contributed by atoms with Gasteiger partial charge in [0, 0.05) is 35.6 Å². The van der Waals surface area contributed by atoms with Crippen molar-refractivity contribution in [2.24, 2.45) is 0 Å². The number of alkyl halides is 2. The molecule has 2 heterocycles. The van der Waals surface area contributed by atoms with Gasteiger partial charge in [-0.15, -0.1) is 0 Å². The smallest absolute Gasteiger partial charge is 0.278 e. The maximum atomic E-state index is 13.5. The zero-order valence-corrected chi connectivity index (χ0v) is 8.87. The molecule has 0 spiro atoms. The van der Waals surface area contributed by atoms with E-state index < -0.39 is 12.0 Å². The van der Waals surface area contributed by atoms with Gasteiger partial charge in [0.05, 0.1) is 5.69 Å². The van der Waals surface area contributed by atoms with Crippen molar-refractivity contribution >= 4 is 0 Å². The van der Waals surface area contributed by atoms with Crippen molar-refractivity contribution in [2.45, 2.75) is 24.9 Å². The molecule has 0 bridgehead atoms. The van der Waals surface area contributed by atoms with Crippen LogP contribution in [0.3, 0.4) is 0 Å². The van der Waals surface area contributed by atoms with Crippen LogP contribution in [0.15, 0.2) is 18.5 Å². The maximum Gasteiger partial charge on any atom is 0.278 e. The molecule has 1 aliphatic rings. The van der Waals surface area contributed by atoms with Crippen LogP contribution in [-0.2, 0) is 6.42 Å². The largest absolute Gasteiger partial charge is 0.382 e. The number of nitrogens with one attached hydrogen (secondary N) is 2. The molecule has 1 aliphatic carbocycles. The summed E-state index contributed by atoms with van der Waals surface area (Å²) in [6.45, 7) is 0. The first-order valence-corrected chi connectivity index (χ1v) is 5.36. The summed E-state index contributed by atoms with van der Waals surface area (Å²) in [4.78, 5) is 2.94. The number of rotatable bonds is 1. The SMILES string of the molecule is OC1c2c(-c3cc[nH]n3)c[nH]c2CCC1(F)F. The number of nitrogens with zero attached hydrogens (tertiary/aromatic N) is 1. The fourth-order valence-electron chi connectivity index (χ4n) is 2.26. The highest BCUT2D eigenvalue weighted by molar-refractivity contribution is 5.65. The number of H-pyrrole nitrogens is 2. The second-order valence-electron chi connectivity index (χ2n) is 4.22. The van der Waals surface area contributed by atoms with E-state index in [1.165, 1.54) is 0 Å². The minimum absolute atomic E-state index is 0.240. The van der Waals surface area contributed by atoms with Crippen LogP contribution in [0, 0.1) is 0 Å². The molecule has 2 aromatic heterocycles. The number of aromatic amines is 2. The average Bonchev–Trinajstić information content (AvgIpc) is 2.92. The quantitative estimate of drug-likeness (QED) is 0.712. The summed E-state index contributed by atoms with van der Waals surface area (Å²) < 4.78 is 27.0. The van der Waals surface area contributed by atoms with Gasteiger partial charge in [-0.05, 0) is 12.5 Å². The van der Waals surface area contributed by atoms with E-state index in [2.05, 4.69) is 15.2 Å². The Hall–Kier alpha value is -1.69. The molecule has 0 radical (unpaired) electrons. The number of hydrogen-bond donors (Lipinski definition) is 3. The number of aliphatic hydroxyl groups is 1. The Labute approximate surface area is 95.7 Å². The monoisotopic (exact) mass is 239 g/mol. The molecular weight excluding hydrogens is 228 g/mol. The van der Waals surface area contributed by atoms with Crippen molar-refractivity contribution in [3.8, 4) is 11.3 Å². The number of hydrogen-bond acceptors (Lipinski definition) is 2. The summed E-state index contributed by atoms with van der Waals surface area (Å²) in [6.07, 6.45) is 1.38. The Kier molecular flexibility index (Phi) is 2.09. The van der Waals surface area contributed by atoms with Gasteiger partial charge < -0.3 is 10.1 Å². The third-order valence-electron chi connectivity index (χ3n) is 3.16. The Morgan fingerprint density at radius 2 is 2.29 bits per heavy atom. The molecule has 4 nitrogen and oxygen atoms in total. The molecule has 90 valence electrons. The third-order valence-corrected chi connectivity index (χ3v) is 3.16. The summed E-state index contributed by atoms with van der Waals surface area (Å²) in [5.74, 6) is -3.07. The van der Waals surface area contributed by atoms with Crippen molar-refractivity contribution in [1.82, 2.24) is 15.2 Å². The van der Waals surface area contributed by atoms with E-state index in [1.807, 2.05) is 0 Å².